The Labute approximate surface area is 116 Å². The van der Waals surface area contributed by atoms with Gasteiger partial charge in [0.05, 0.1) is 17.2 Å². The fourth-order valence-corrected chi connectivity index (χ4v) is 1.79. The molecule has 0 aliphatic heterocycles. The maximum atomic E-state index is 11.0. The number of nitrogens with zero attached hydrogens (tertiary/aromatic N) is 3. The standard InChI is InChI=1S/C13H16N4O3/c1-20-9-7-14-10-11-6-8-16(15-11)12-4-2-3-5-13(12)17(18)19/h2-6,8,14H,7,9-10H2,1H3. The minimum absolute atomic E-state index is 0.0366. The van der Waals surface area contributed by atoms with Crippen LogP contribution in [0.25, 0.3) is 5.69 Å². The summed E-state index contributed by atoms with van der Waals surface area (Å²) >= 11 is 0. The molecule has 0 radical (unpaired) electrons. The first-order valence-electron chi connectivity index (χ1n) is 6.20. The number of hydrogen-bond donors (Lipinski definition) is 1. The van der Waals surface area contributed by atoms with Crippen LogP contribution in [0.5, 0.6) is 0 Å². The van der Waals surface area contributed by atoms with Crippen molar-refractivity contribution in [3.05, 3.63) is 52.3 Å². The SMILES string of the molecule is COCCNCc1ccn(-c2ccccc2[N+](=O)[O-])n1. The van der Waals surface area contributed by atoms with Gasteiger partial charge < -0.3 is 10.1 Å². The molecule has 1 heterocycles. The van der Waals surface area contributed by atoms with Crippen molar-refractivity contribution < 1.29 is 9.66 Å². The zero-order valence-corrected chi connectivity index (χ0v) is 11.2. The van der Waals surface area contributed by atoms with Gasteiger partial charge in [-0.05, 0) is 12.1 Å². The van der Waals surface area contributed by atoms with E-state index in [2.05, 4.69) is 10.4 Å². The molecular formula is C13H16N4O3. The average Bonchev–Trinajstić information content (AvgIpc) is 2.92. The molecule has 106 valence electrons. The van der Waals surface area contributed by atoms with Gasteiger partial charge in [-0.15, -0.1) is 0 Å². The number of hydrogen-bond acceptors (Lipinski definition) is 5. The Morgan fingerprint density at radius 3 is 2.95 bits per heavy atom. The van der Waals surface area contributed by atoms with E-state index in [1.807, 2.05) is 6.07 Å². The normalized spacial score (nSPS) is 10.7. The lowest BCUT2D eigenvalue weighted by Crippen LogP contribution is -2.18. The first kappa shape index (κ1) is 14.2. The van der Waals surface area contributed by atoms with Crippen LogP contribution in [-0.4, -0.2) is 35.0 Å². The lowest BCUT2D eigenvalue weighted by Gasteiger charge is -2.03. The number of nitro groups is 1. The predicted molar refractivity (Wildman–Crippen MR) is 73.8 cm³/mol. The molecule has 0 aliphatic rings. The Morgan fingerprint density at radius 1 is 1.40 bits per heavy atom. The summed E-state index contributed by atoms with van der Waals surface area (Å²) in [6.45, 7) is 1.96. The van der Waals surface area contributed by atoms with Crippen molar-refractivity contribution in [2.75, 3.05) is 20.3 Å². The van der Waals surface area contributed by atoms with Crippen molar-refractivity contribution >= 4 is 5.69 Å². The fourth-order valence-electron chi connectivity index (χ4n) is 1.79. The number of aromatic nitrogens is 2. The van der Waals surface area contributed by atoms with Crippen LogP contribution >= 0.6 is 0 Å². The van der Waals surface area contributed by atoms with Gasteiger partial charge in [0.15, 0.2) is 0 Å². The van der Waals surface area contributed by atoms with Crippen LogP contribution in [0.4, 0.5) is 5.69 Å². The van der Waals surface area contributed by atoms with Crippen molar-refractivity contribution in [1.29, 1.82) is 0 Å². The molecule has 0 saturated heterocycles. The first-order valence-corrected chi connectivity index (χ1v) is 6.20. The molecule has 2 rings (SSSR count). The summed E-state index contributed by atoms with van der Waals surface area (Å²) < 4.78 is 6.45. The summed E-state index contributed by atoms with van der Waals surface area (Å²) in [5.41, 5.74) is 1.31. The fraction of sp³-hybridized carbons (Fsp3) is 0.308. The Morgan fingerprint density at radius 2 is 2.20 bits per heavy atom. The third-order valence-corrected chi connectivity index (χ3v) is 2.76. The average molecular weight is 276 g/mol. The molecule has 0 unspecified atom stereocenters. The van der Waals surface area contributed by atoms with Gasteiger partial charge >= 0.3 is 0 Å². The number of benzene rings is 1. The van der Waals surface area contributed by atoms with Crippen LogP contribution in [-0.2, 0) is 11.3 Å². The predicted octanol–water partition coefficient (Wildman–Crippen LogP) is 1.52. The molecule has 0 aliphatic carbocycles. The van der Waals surface area contributed by atoms with Crippen molar-refractivity contribution in [2.45, 2.75) is 6.54 Å². The van der Waals surface area contributed by atoms with E-state index in [1.165, 1.54) is 10.7 Å². The molecule has 7 nitrogen and oxygen atoms in total. The topological polar surface area (TPSA) is 82.2 Å². The van der Waals surface area contributed by atoms with Crippen molar-refractivity contribution in [1.82, 2.24) is 15.1 Å². The molecule has 0 bridgehead atoms. The highest BCUT2D eigenvalue weighted by Crippen LogP contribution is 2.21. The Bertz CT molecular complexity index is 583. The molecule has 7 heteroatoms. The molecule has 1 aromatic heterocycles. The smallest absolute Gasteiger partial charge is 0.294 e. The van der Waals surface area contributed by atoms with E-state index >= 15 is 0 Å². The zero-order chi connectivity index (χ0) is 14.4. The van der Waals surface area contributed by atoms with Crippen LogP contribution in [0.2, 0.25) is 0 Å². The number of rotatable bonds is 7. The van der Waals surface area contributed by atoms with Gasteiger partial charge in [0, 0.05) is 32.5 Å². The van der Waals surface area contributed by atoms with Crippen LogP contribution in [0.15, 0.2) is 36.5 Å². The van der Waals surface area contributed by atoms with Crippen molar-refractivity contribution in [3.63, 3.8) is 0 Å². The van der Waals surface area contributed by atoms with Crippen molar-refractivity contribution in [3.8, 4) is 5.69 Å². The lowest BCUT2D eigenvalue weighted by molar-refractivity contribution is -0.384. The van der Waals surface area contributed by atoms with E-state index in [1.54, 1.807) is 31.5 Å². The van der Waals surface area contributed by atoms with Crippen molar-refractivity contribution in [2.24, 2.45) is 0 Å². The molecule has 0 atom stereocenters. The monoisotopic (exact) mass is 276 g/mol. The van der Waals surface area contributed by atoms with Crippen LogP contribution in [0.1, 0.15) is 5.69 Å². The minimum Gasteiger partial charge on any atom is -0.383 e. The highest BCUT2D eigenvalue weighted by Gasteiger charge is 2.14. The first-order chi connectivity index (χ1) is 9.72. The lowest BCUT2D eigenvalue weighted by atomic mass is 10.3. The zero-order valence-electron chi connectivity index (χ0n) is 11.2. The summed E-state index contributed by atoms with van der Waals surface area (Å²) in [5, 5.41) is 18.5. The highest BCUT2D eigenvalue weighted by atomic mass is 16.6. The van der Waals surface area contributed by atoms with Gasteiger partial charge in [0.25, 0.3) is 5.69 Å². The minimum atomic E-state index is -0.409. The maximum Gasteiger partial charge on any atom is 0.294 e. The molecule has 0 spiro atoms. The molecule has 1 aromatic carbocycles. The second-order valence-electron chi connectivity index (χ2n) is 4.17. The Kier molecular flexibility index (Phi) is 4.80. The highest BCUT2D eigenvalue weighted by molar-refractivity contribution is 5.51. The molecule has 0 saturated carbocycles. The van der Waals surface area contributed by atoms with Gasteiger partial charge in [-0.3, -0.25) is 10.1 Å². The Hall–Kier alpha value is -2.25. The van der Waals surface area contributed by atoms with E-state index in [4.69, 9.17) is 4.74 Å². The molecule has 0 fully saturated rings. The maximum absolute atomic E-state index is 11.0. The summed E-state index contributed by atoms with van der Waals surface area (Å²) in [7, 11) is 1.64. The number of para-hydroxylation sites is 2. The van der Waals surface area contributed by atoms with Gasteiger partial charge in [0.2, 0.25) is 0 Å². The van der Waals surface area contributed by atoms with Gasteiger partial charge in [-0.1, -0.05) is 12.1 Å². The molecule has 20 heavy (non-hydrogen) atoms. The number of ether oxygens (including phenoxy) is 1. The van der Waals surface area contributed by atoms with E-state index in [0.717, 1.165) is 12.2 Å². The molecule has 0 amide bonds. The third kappa shape index (κ3) is 3.40. The summed E-state index contributed by atoms with van der Waals surface area (Å²) in [6, 6.07) is 8.36. The van der Waals surface area contributed by atoms with Gasteiger partial charge in [-0.2, -0.15) is 5.10 Å². The molecular weight excluding hydrogens is 260 g/mol. The van der Waals surface area contributed by atoms with E-state index in [0.29, 0.717) is 18.8 Å². The largest absolute Gasteiger partial charge is 0.383 e. The Balaban J connectivity index is 2.11. The van der Waals surface area contributed by atoms with E-state index in [9.17, 15) is 10.1 Å². The molecule has 1 N–H and O–H groups in total. The summed E-state index contributed by atoms with van der Waals surface area (Å²) in [5.74, 6) is 0. The number of nitro benzene ring substituents is 1. The summed E-state index contributed by atoms with van der Waals surface area (Å²) in [6.07, 6.45) is 1.72. The number of nitrogens with one attached hydrogen (secondary N) is 1. The van der Waals surface area contributed by atoms with Crippen LogP contribution in [0.3, 0.4) is 0 Å². The van der Waals surface area contributed by atoms with E-state index in [-0.39, 0.29) is 5.69 Å². The van der Waals surface area contributed by atoms with Gasteiger partial charge in [0.1, 0.15) is 5.69 Å². The third-order valence-electron chi connectivity index (χ3n) is 2.76. The second kappa shape index (κ2) is 6.78. The van der Waals surface area contributed by atoms with Crippen LogP contribution in [0, 0.1) is 10.1 Å². The molecule has 2 aromatic rings. The van der Waals surface area contributed by atoms with E-state index < -0.39 is 4.92 Å². The number of methoxy groups -OCH3 is 1. The van der Waals surface area contributed by atoms with Gasteiger partial charge in [-0.25, -0.2) is 4.68 Å². The quantitative estimate of drug-likeness (QED) is 0.471. The summed E-state index contributed by atoms with van der Waals surface area (Å²) in [4.78, 5) is 10.6. The second-order valence-corrected chi connectivity index (χ2v) is 4.17. The van der Waals surface area contributed by atoms with Crippen LogP contribution < -0.4 is 5.32 Å².